The highest BCUT2D eigenvalue weighted by atomic mass is 35.5. The Morgan fingerprint density at radius 2 is 2.00 bits per heavy atom. The number of para-hydroxylation sites is 1. The quantitative estimate of drug-likeness (QED) is 0.762. The van der Waals surface area contributed by atoms with Gasteiger partial charge in [-0.3, -0.25) is 4.79 Å². The van der Waals surface area contributed by atoms with E-state index in [1.54, 1.807) is 0 Å². The first-order chi connectivity index (χ1) is 9.58. The molecule has 0 spiro atoms. The zero-order valence-corrected chi connectivity index (χ0v) is 14.2. The summed E-state index contributed by atoms with van der Waals surface area (Å²) in [6.07, 6.45) is 6.42. The van der Waals surface area contributed by atoms with Crippen molar-refractivity contribution in [2.24, 2.45) is 0 Å². The molecular weight excluding hydrogens is 307 g/mol. The summed E-state index contributed by atoms with van der Waals surface area (Å²) >= 11 is 6.14. The van der Waals surface area contributed by atoms with E-state index in [0.29, 0.717) is 17.6 Å². The molecule has 0 heterocycles. The van der Waals surface area contributed by atoms with E-state index in [4.69, 9.17) is 11.6 Å². The van der Waals surface area contributed by atoms with Crippen molar-refractivity contribution in [3.63, 3.8) is 0 Å². The van der Waals surface area contributed by atoms with Gasteiger partial charge in [0.1, 0.15) is 0 Å². The molecule has 0 aliphatic heterocycles. The molecule has 5 heteroatoms. The normalized spacial score (nSPS) is 16.9. The van der Waals surface area contributed by atoms with Crippen LogP contribution in [-0.2, 0) is 4.79 Å². The molecule has 1 aliphatic rings. The fourth-order valence-corrected chi connectivity index (χ4v) is 3.24. The van der Waals surface area contributed by atoms with Crippen LogP contribution in [0, 0.1) is 6.92 Å². The molecule has 0 aromatic heterocycles. The summed E-state index contributed by atoms with van der Waals surface area (Å²) in [5.74, 6) is 0.0456. The molecule has 2 rings (SSSR count). The Labute approximate surface area is 138 Å². The molecule has 0 bridgehead atoms. The Morgan fingerprint density at radius 3 is 2.62 bits per heavy atom. The van der Waals surface area contributed by atoms with Crippen LogP contribution in [0.5, 0.6) is 0 Å². The van der Waals surface area contributed by atoms with Crippen molar-refractivity contribution in [1.29, 1.82) is 0 Å². The van der Waals surface area contributed by atoms with Gasteiger partial charge >= 0.3 is 0 Å². The predicted molar refractivity (Wildman–Crippen MR) is 83.4 cm³/mol. The van der Waals surface area contributed by atoms with Gasteiger partial charge in [0.25, 0.3) is 5.91 Å². The number of carbonyl (C=O) groups is 1. The fourth-order valence-electron chi connectivity index (χ4n) is 2.97. The summed E-state index contributed by atoms with van der Waals surface area (Å²) in [4.78, 5) is 13.5. The molecule has 1 aromatic rings. The highest BCUT2D eigenvalue weighted by Gasteiger charge is 2.23. The molecule has 1 aromatic carbocycles. The number of benzene rings is 1. The molecule has 1 saturated carbocycles. The number of hydrogen-bond acceptors (Lipinski definition) is 1. The van der Waals surface area contributed by atoms with Gasteiger partial charge in [0.15, 0.2) is 6.54 Å². The van der Waals surface area contributed by atoms with Crippen molar-refractivity contribution >= 4 is 23.2 Å². The van der Waals surface area contributed by atoms with Gasteiger partial charge in [0.05, 0.1) is 23.8 Å². The first-order valence-electron chi connectivity index (χ1n) is 7.45. The highest BCUT2D eigenvalue weighted by Crippen LogP contribution is 2.24. The van der Waals surface area contributed by atoms with Crippen molar-refractivity contribution in [3.05, 3.63) is 28.8 Å². The van der Waals surface area contributed by atoms with Crippen molar-refractivity contribution in [2.45, 2.75) is 45.1 Å². The van der Waals surface area contributed by atoms with Gasteiger partial charge in [-0.25, -0.2) is 0 Å². The maximum absolute atomic E-state index is 12.2. The van der Waals surface area contributed by atoms with Crippen LogP contribution in [0.4, 0.5) is 5.69 Å². The highest BCUT2D eigenvalue weighted by molar-refractivity contribution is 6.33. The molecule has 3 nitrogen and oxygen atoms in total. The van der Waals surface area contributed by atoms with Crippen LogP contribution in [0.3, 0.4) is 0 Å². The van der Waals surface area contributed by atoms with Crippen molar-refractivity contribution in [1.82, 2.24) is 0 Å². The van der Waals surface area contributed by atoms with Gasteiger partial charge in [0.2, 0.25) is 0 Å². The third kappa shape index (κ3) is 5.17. The first-order valence-corrected chi connectivity index (χ1v) is 7.83. The van der Waals surface area contributed by atoms with Gasteiger partial charge in [-0.15, -0.1) is 0 Å². The van der Waals surface area contributed by atoms with Crippen LogP contribution in [0.25, 0.3) is 0 Å². The average molecular weight is 331 g/mol. The van der Waals surface area contributed by atoms with E-state index in [0.717, 1.165) is 11.3 Å². The van der Waals surface area contributed by atoms with Crippen molar-refractivity contribution in [3.8, 4) is 0 Å². The van der Waals surface area contributed by atoms with Gasteiger partial charge in [0, 0.05) is 0 Å². The minimum Gasteiger partial charge on any atom is -1.00 e. The molecule has 1 unspecified atom stereocenters. The lowest BCUT2D eigenvalue weighted by atomic mass is 9.94. The van der Waals surface area contributed by atoms with Gasteiger partial charge < -0.3 is 22.6 Å². The van der Waals surface area contributed by atoms with E-state index in [9.17, 15) is 4.79 Å². The third-order valence-corrected chi connectivity index (χ3v) is 4.54. The predicted octanol–water partition coefficient (Wildman–Crippen LogP) is -0.562. The zero-order valence-electron chi connectivity index (χ0n) is 12.7. The Balaban J connectivity index is 0.00000220. The van der Waals surface area contributed by atoms with E-state index in [-0.39, 0.29) is 18.3 Å². The Morgan fingerprint density at radius 1 is 1.33 bits per heavy atom. The summed E-state index contributed by atoms with van der Waals surface area (Å²) < 4.78 is 0. The largest absolute Gasteiger partial charge is 1.00 e. The smallest absolute Gasteiger partial charge is 0.279 e. The monoisotopic (exact) mass is 330 g/mol. The SMILES string of the molecule is Cc1cccc(Cl)c1NC(=O)C[NH+](C)C1CCCCC1.[Cl-]. The lowest BCUT2D eigenvalue weighted by Crippen LogP contribution is -3.14. The number of halogens is 2. The van der Waals surface area contributed by atoms with Gasteiger partial charge in [-0.1, -0.05) is 30.2 Å². The molecule has 21 heavy (non-hydrogen) atoms. The topological polar surface area (TPSA) is 33.5 Å². The van der Waals surface area contributed by atoms with Crippen molar-refractivity contribution < 1.29 is 22.1 Å². The number of rotatable bonds is 4. The zero-order chi connectivity index (χ0) is 14.5. The van der Waals surface area contributed by atoms with Crippen LogP contribution in [-0.4, -0.2) is 25.5 Å². The number of anilines is 1. The minimum absolute atomic E-state index is 0. The summed E-state index contributed by atoms with van der Waals surface area (Å²) in [6.45, 7) is 2.47. The number of amides is 1. The van der Waals surface area contributed by atoms with Gasteiger partial charge in [-0.05, 0) is 44.2 Å². The van der Waals surface area contributed by atoms with Crippen LogP contribution in [0.2, 0.25) is 5.02 Å². The average Bonchev–Trinajstić information content (AvgIpc) is 2.44. The second kappa shape index (κ2) is 8.62. The van der Waals surface area contributed by atoms with E-state index < -0.39 is 0 Å². The summed E-state index contributed by atoms with van der Waals surface area (Å²) in [5.41, 5.74) is 1.75. The third-order valence-electron chi connectivity index (χ3n) is 4.23. The van der Waals surface area contributed by atoms with E-state index >= 15 is 0 Å². The molecule has 1 aliphatic carbocycles. The fraction of sp³-hybridized carbons (Fsp3) is 0.562. The number of likely N-dealkylation sites (N-methyl/N-ethyl adjacent to an activating group) is 1. The van der Waals surface area contributed by atoms with Crippen molar-refractivity contribution in [2.75, 3.05) is 18.9 Å². The van der Waals surface area contributed by atoms with E-state index in [1.807, 2.05) is 25.1 Å². The summed E-state index contributed by atoms with van der Waals surface area (Å²) in [7, 11) is 2.12. The number of nitrogens with one attached hydrogen (secondary N) is 2. The van der Waals surface area contributed by atoms with Gasteiger partial charge in [-0.2, -0.15) is 0 Å². The number of aryl methyl sites for hydroxylation is 1. The van der Waals surface area contributed by atoms with Crippen LogP contribution < -0.4 is 22.6 Å². The first kappa shape index (κ1) is 18.3. The van der Waals surface area contributed by atoms with Crippen LogP contribution in [0.1, 0.15) is 37.7 Å². The maximum Gasteiger partial charge on any atom is 0.279 e. The maximum atomic E-state index is 12.2. The van der Waals surface area contributed by atoms with Crippen LogP contribution in [0.15, 0.2) is 18.2 Å². The molecule has 118 valence electrons. The molecule has 1 atom stereocenters. The van der Waals surface area contributed by atoms with E-state index in [2.05, 4.69) is 12.4 Å². The molecule has 1 amide bonds. The Hall–Kier alpha value is -0.770. The standard InChI is InChI=1S/C16H23ClN2O.ClH/c1-12-7-6-10-14(17)16(12)18-15(20)11-19(2)13-8-4-3-5-9-13;/h6-7,10,13H,3-5,8-9,11H2,1-2H3,(H,18,20);1H. The Kier molecular flexibility index (Phi) is 7.50. The number of quaternary nitrogens is 1. The number of carbonyl (C=O) groups excluding carboxylic acids is 1. The molecule has 1 fully saturated rings. The lowest BCUT2D eigenvalue weighted by Gasteiger charge is -2.27. The summed E-state index contributed by atoms with van der Waals surface area (Å²) in [5, 5.41) is 3.56. The molecule has 0 radical (unpaired) electrons. The second-order valence-corrected chi connectivity index (χ2v) is 6.25. The van der Waals surface area contributed by atoms with Crippen LogP contribution >= 0.6 is 11.6 Å². The summed E-state index contributed by atoms with van der Waals surface area (Å²) in [6, 6.07) is 6.29. The molecule has 0 saturated heterocycles. The molecule has 2 N–H and O–H groups in total. The minimum atomic E-state index is 0. The lowest BCUT2D eigenvalue weighted by molar-refractivity contribution is -0.899. The second-order valence-electron chi connectivity index (χ2n) is 5.84. The number of hydrogen-bond donors (Lipinski definition) is 2. The Bertz CT molecular complexity index is 453. The van der Waals surface area contributed by atoms with E-state index in [1.165, 1.54) is 37.0 Å². The molecular formula is C16H24Cl2N2O.